The van der Waals surface area contributed by atoms with E-state index in [4.69, 9.17) is 0 Å². The minimum absolute atomic E-state index is 0.103. The van der Waals surface area contributed by atoms with Crippen molar-refractivity contribution in [2.75, 3.05) is 7.11 Å². The van der Waals surface area contributed by atoms with Gasteiger partial charge in [0.15, 0.2) is 0 Å². The van der Waals surface area contributed by atoms with Gasteiger partial charge in [0.1, 0.15) is 0 Å². The number of methoxy groups -OCH3 is 1. The molecule has 126 valence electrons. The van der Waals surface area contributed by atoms with Gasteiger partial charge in [0, 0.05) is 28.1 Å². The molecule has 6 heteroatoms. The predicted octanol–water partition coefficient (Wildman–Crippen LogP) is 4.67. The molecule has 3 aromatic rings. The van der Waals surface area contributed by atoms with Crippen molar-refractivity contribution in [3.8, 4) is 0 Å². The van der Waals surface area contributed by atoms with Gasteiger partial charge in [-0.1, -0.05) is 59.9 Å². The Morgan fingerprint density at radius 3 is 2.64 bits per heavy atom. The number of nitro groups is 1. The largest absolute Gasteiger partial charge is 0.466 e. The summed E-state index contributed by atoms with van der Waals surface area (Å²) in [5.74, 6) is -0.650. The molecule has 0 aliphatic rings. The van der Waals surface area contributed by atoms with Crippen LogP contribution in [0.5, 0.6) is 0 Å². The molecule has 0 unspecified atom stereocenters. The van der Waals surface area contributed by atoms with Crippen LogP contribution in [0, 0.1) is 10.1 Å². The third kappa shape index (κ3) is 3.59. The van der Waals surface area contributed by atoms with Crippen LogP contribution in [0.2, 0.25) is 0 Å². The number of carbonyl (C=O) groups is 1. The Morgan fingerprint density at radius 2 is 1.96 bits per heavy atom. The number of hydrogen-bond donors (Lipinski definition) is 0. The van der Waals surface area contributed by atoms with Gasteiger partial charge in [-0.25, -0.2) is 4.79 Å². The SMILES string of the molecule is COC(=O)C=C[C@@H](c1ccccc1)c1cccc2sc([N+](=O)[O-])cc12. The van der Waals surface area contributed by atoms with Crippen molar-refractivity contribution in [3.63, 3.8) is 0 Å². The Balaban J connectivity index is 2.16. The van der Waals surface area contributed by atoms with Crippen LogP contribution in [0.25, 0.3) is 10.1 Å². The van der Waals surface area contributed by atoms with E-state index >= 15 is 0 Å². The van der Waals surface area contributed by atoms with Gasteiger partial charge in [-0.15, -0.1) is 0 Å². The van der Waals surface area contributed by atoms with Gasteiger partial charge in [-0.3, -0.25) is 10.1 Å². The molecule has 1 aromatic heterocycles. The number of esters is 1. The zero-order valence-electron chi connectivity index (χ0n) is 13.4. The molecule has 0 fully saturated rings. The molecule has 0 N–H and O–H groups in total. The van der Waals surface area contributed by atoms with Crippen molar-refractivity contribution in [1.29, 1.82) is 0 Å². The van der Waals surface area contributed by atoms with Crippen LogP contribution in [-0.4, -0.2) is 18.0 Å². The molecule has 5 nitrogen and oxygen atoms in total. The van der Waals surface area contributed by atoms with E-state index in [0.717, 1.165) is 32.5 Å². The molecule has 25 heavy (non-hydrogen) atoms. The molecule has 0 spiro atoms. The zero-order chi connectivity index (χ0) is 17.8. The van der Waals surface area contributed by atoms with Crippen LogP contribution in [0.1, 0.15) is 17.0 Å². The van der Waals surface area contributed by atoms with Crippen LogP contribution in [-0.2, 0) is 9.53 Å². The highest BCUT2D eigenvalue weighted by Gasteiger charge is 2.19. The number of thiophene rings is 1. The molecule has 0 aliphatic carbocycles. The maximum absolute atomic E-state index is 11.5. The lowest BCUT2D eigenvalue weighted by Crippen LogP contribution is -2.01. The molecule has 0 bridgehead atoms. The third-order valence-electron chi connectivity index (χ3n) is 3.88. The van der Waals surface area contributed by atoms with Crippen LogP contribution < -0.4 is 0 Å². The van der Waals surface area contributed by atoms with Crippen molar-refractivity contribution < 1.29 is 14.5 Å². The minimum atomic E-state index is -0.440. The number of allylic oxidation sites excluding steroid dienone is 1. The van der Waals surface area contributed by atoms with Crippen molar-refractivity contribution in [2.45, 2.75) is 5.92 Å². The third-order valence-corrected chi connectivity index (χ3v) is 4.93. The Bertz CT molecular complexity index is 946. The van der Waals surface area contributed by atoms with E-state index in [1.54, 1.807) is 12.1 Å². The van der Waals surface area contributed by atoms with Crippen LogP contribution in [0.15, 0.2) is 66.7 Å². The average molecular weight is 353 g/mol. The average Bonchev–Trinajstić information content (AvgIpc) is 3.08. The zero-order valence-corrected chi connectivity index (χ0v) is 14.2. The molecule has 0 aliphatic heterocycles. The summed E-state index contributed by atoms with van der Waals surface area (Å²) in [5, 5.41) is 12.0. The van der Waals surface area contributed by atoms with Gasteiger partial charge in [-0.05, 0) is 17.2 Å². The number of nitrogens with zero attached hydrogens (tertiary/aromatic N) is 1. The standard InChI is InChI=1S/C19H15NO4S/c1-24-19(21)11-10-14(13-6-3-2-4-7-13)15-8-5-9-17-16(15)12-18(25-17)20(22)23/h2-12,14H,1H3/t14-/m0/s1. The molecule has 2 aromatic carbocycles. The number of fused-ring (bicyclic) bond motifs is 1. The maximum atomic E-state index is 11.5. The molecule has 3 rings (SSSR count). The fraction of sp³-hybridized carbons (Fsp3) is 0.105. The van der Waals surface area contributed by atoms with E-state index in [-0.39, 0.29) is 15.8 Å². The monoisotopic (exact) mass is 353 g/mol. The molecule has 1 heterocycles. The smallest absolute Gasteiger partial charge is 0.330 e. The molecule has 0 radical (unpaired) electrons. The number of rotatable bonds is 5. The van der Waals surface area contributed by atoms with E-state index in [1.807, 2.05) is 48.5 Å². The quantitative estimate of drug-likeness (QED) is 0.289. The van der Waals surface area contributed by atoms with Gasteiger partial charge in [0.2, 0.25) is 0 Å². The van der Waals surface area contributed by atoms with E-state index in [9.17, 15) is 14.9 Å². The number of carbonyl (C=O) groups excluding carboxylic acids is 1. The highest BCUT2D eigenvalue weighted by Crippen LogP contribution is 2.38. The van der Waals surface area contributed by atoms with Crippen molar-refractivity contribution in [3.05, 3.63) is 88.0 Å². The molecular weight excluding hydrogens is 338 g/mol. The minimum Gasteiger partial charge on any atom is -0.466 e. The summed E-state index contributed by atoms with van der Waals surface area (Å²) in [6.07, 6.45) is 3.15. The Hall–Kier alpha value is -2.99. The van der Waals surface area contributed by atoms with E-state index in [1.165, 1.54) is 13.2 Å². The number of benzene rings is 2. The second-order valence-electron chi connectivity index (χ2n) is 5.37. The molecule has 1 atom stereocenters. The Morgan fingerprint density at radius 1 is 1.20 bits per heavy atom. The first-order valence-corrected chi connectivity index (χ1v) is 8.39. The molecule has 0 saturated heterocycles. The van der Waals surface area contributed by atoms with E-state index in [0.29, 0.717) is 0 Å². The lowest BCUT2D eigenvalue weighted by Gasteiger charge is -2.15. The van der Waals surface area contributed by atoms with Gasteiger partial charge in [0.05, 0.1) is 12.0 Å². The van der Waals surface area contributed by atoms with Crippen LogP contribution in [0.3, 0.4) is 0 Å². The summed E-state index contributed by atoms with van der Waals surface area (Å²) in [6.45, 7) is 0. The van der Waals surface area contributed by atoms with Crippen LogP contribution in [0.4, 0.5) is 5.00 Å². The van der Waals surface area contributed by atoms with Gasteiger partial charge < -0.3 is 4.74 Å². The summed E-state index contributed by atoms with van der Waals surface area (Å²) in [4.78, 5) is 22.3. The van der Waals surface area contributed by atoms with E-state index < -0.39 is 5.97 Å². The maximum Gasteiger partial charge on any atom is 0.330 e. The lowest BCUT2D eigenvalue weighted by atomic mass is 9.89. The normalized spacial score (nSPS) is 12.4. The summed E-state index contributed by atoms with van der Waals surface area (Å²) >= 11 is 1.15. The number of ether oxygens (including phenoxy) is 1. The van der Waals surface area contributed by atoms with Gasteiger partial charge >= 0.3 is 11.0 Å². The summed E-state index contributed by atoms with van der Waals surface area (Å²) in [5.41, 5.74) is 1.90. The summed E-state index contributed by atoms with van der Waals surface area (Å²) in [7, 11) is 1.33. The first-order chi connectivity index (χ1) is 12.1. The topological polar surface area (TPSA) is 69.4 Å². The highest BCUT2D eigenvalue weighted by molar-refractivity contribution is 7.22. The Labute approximate surface area is 148 Å². The highest BCUT2D eigenvalue weighted by atomic mass is 32.1. The van der Waals surface area contributed by atoms with Crippen molar-refractivity contribution in [2.24, 2.45) is 0 Å². The fourth-order valence-electron chi connectivity index (χ4n) is 2.73. The van der Waals surface area contributed by atoms with Gasteiger partial charge in [0.25, 0.3) is 0 Å². The second-order valence-corrected chi connectivity index (χ2v) is 6.43. The second kappa shape index (κ2) is 7.27. The van der Waals surface area contributed by atoms with Crippen molar-refractivity contribution >= 4 is 32.4 Å². The lowest BCUT2D eigenvalue weighted by molar-refractivity contribution is -0.380. The first kappa shape index (κ1) is 16.9. The van der Waals surface area contributed by atoms with Crippen molar-refractivity contribution in [1.82, 2.24) is 0 Å². The molecule has 0 amide bonds. The predicted molar refractivity (Wildman–Crippen MR) is 97.9 cm³/mol. The summed E-state index contributed by atoms with van der Waals surface area (Å²) in [6, 6.07) is 16.9. The first-order valence-electron chi connectivity index (χ1n) is 7.58. The molecule has 0 saturated carbocycles. The summed E-state index contributed by atoms with van der Waals surface area (Å²) < 4.78 is 5.53. The number of hydrogen-bond acceptors (Lipinski definition) is 5. The fourth-order valence-corrected chi connectivity index (χ4v) is 3.64. The Kier molecular flexibility index (Phi) is 4.90. The van der Waals surface area contributed by atoms with Crippen LogP contribution >= 0.6 is 11.3 Å². The molecular formula is C19H15NO4S. The van der Waals surface area contributed by atoms with E-state index in [2.05, 4.69) is 4.74 Å². The van der Waals surface area contributed by atoms with Gasteiger partial charge in [-0.2, -0.15) is 0 Å².